The van der Waals surface area contributed by atoms with E-state index in [1.54, 1.807) is 0 Å². The Hall–Kier alpha value is -0.730. The van der Waals surface area contributed by atoms with Crippen LogP contribution in [0.25, 0.3) is 0 Å². The molecule has 1 saturated heterocycles. The Labute approximate surface area is 137 Å². The van der Waals surface area contributed by atoms with Crippen LogP contribution in [-0.4, -0.2) is 52.3 Å². The molecule has 0 N–H and O–H groups in total. The first-order valence-electron chi connectivity index (χ1n) is 7.88. The molecule has 1 aliphatic carbocycles. The van der Waals surface area contributed by atoms with Gasteiger partial charge in [-0.2, -0.15) is 5.10 Å². The summed E-state index contributed by atoms with van der Waals surface area (Å²) in [5.41, 5.74) is 0. The Balaban J connectivity index is 1.81. The Morgan fingerprint density at radius 3 is 2.55 bits per heavy atom. The van der Waals surface area contributed by atoms with E-state index in [-0.39, 0.29) is 11.8 Å². The molecule has 0 spiro atoms. The van der Waals surface area contributed by atoms with Crippen molar-refractivity contribution in [2.45, 2.75) is 57.8 Å². The monoisotopic (exact) mass is 344 g/mol. The predicted octanol–water partition coefficient (Wildman–Crippen LogP) is 1.95. The van der Waals surface area contributed by atoms with E-state index < -0.39 is 9.84 Å². The smallest absolute Gasteiger partial charge is 0.199 e. The number of aromatic nitrogens is 3. The van der Waals surface area contributed by atoms with Gasteiger partial charge in [-0.3, -0.25) is 4.90 Å². The third-order valence-electron chi connectivity index (χ3n) is 4.51. The van der Waals surface area contributed by atoms with Crippen LogP contribution in [0.2, 0.25) is 0 Å². The van der Waals surface area contributed by atoms with E-state index in [1.807, 2.05) is 11.7 Å². The molecule has 1 aromatic heterocycles. The van der Waals surface area contributed by atoms with Crippen molar-refractivity contribution >= 4 is 22.1 Å². The Morgan fingerprint density at radius 2 is 2.05 bits per heavy atom. The van der Waals surface area contributed by atoms with Gasteiger partial charge in [-0.25, -0.2) is 13.1 Å². The van der Waals surface area contributed by atoms with E-state index in [4.69, 9.17) is 17.3 Å². The van der Waals surface area contributed by atoms with Crippen molar-refractivity contribution in [1.29, 1.82) is 0 Å². The first-order valence-corrected chi connectivity index (χ1v) is 10.1. The van der Waals surface area contributed by atoms with Crippen LogP contribution in [0.1, 0.15) is 50.9 Å². The molecule has 0 amide bonds. The summed E-state index contributed by atoms with van der Waals surface area (Å²) >= 11 is 5.60. The van der Waals surface area contributed by atoms with Crippen LogP contribution in [-0.2, 0) is 16.5 Å². The number of hydrogen-bond acceptors (Lipinski definition) is 5. The fourth-order valence-corrected chi connectivity index (χ4v) is 5.19. The van der Waals surface area contributed by atoms with Crippen LogP contribution < -0.4 is 0 Å². The van der Waals surface area contributed by atoms with E-state index in [9.17, 15) is 8.42 Å². The highest BCUT2D eigenvalue weighted by Crippen LogP contribution is 2.37. The van der Waals surface area contributed by atoms with Gasteiger partial charge in [0.05, 0.1) is 18.2 Å². The Bertz CT molecular complexity index is 716. The van der Waals surface area contributed by atoms with Crippen molar-refractivity contribution in [2.75, 3.05) is 18.6 Å². The van der Waals surface area contributed by atoms with Gasteiger partial charge in [0.25, 0.3) is 0 Å². The Morgan fingerprint density at radius 1 is 1.36 bits per heavy atom. The summed E-state index contributed by atoms with van der Waals surface area (Å²) in [4.78, 5) is 2.06. The molecule has 3 rings (SSSR count). The van der Waals surface area contributed by atoms with Crippen LogP contribution in [0.3, 0.4) is 0 Å². The van der Waals surface area contributed by atoms with Gasteiger partial charge in [-0.15, -0.1) is 0 Å². The summed E-state index contributed by atoms with van der Waals surface area (Å²) in [6, 6.07) is 0.580. The van der Waals surface area contributed by atoms with Crippen molar-refractivity contribution in [3.8, 4) is 0 Å². The maximum Gasteiger partial charge on any atom is 0.199 e. The minimum Gasteiger partial charge on any atom is -0.301 e. The predicted molar refractivity (Wildman–Crippen MR) is 88.2 cm³/mol. The zero-order valence-corrected chi connectivity index (χ0v) is 15.0. The Kier molecular flexibility index (Phi) is 4.20. The van der Waals surface area contributed by atoms with Crippen molar-refractivity contribution in [1.82, 2.24) is 19.2 Å². The molecule has 1 aromatic rings. The molecule has 2 aliphatic rings. The summed E-state index contributed by atoms with van der Waals surface area (Å²) in [7, 11) is -0.908. The summed E-state index contributed by atoms with van der Waals surface area (Å²) in [5.74, 6) is 1.92. The molecule has 1 atom stereocenters. The first-order chi connectivity index (χ1) is 10.3. The second-order valence-corrected chi connectivity index (χ2v) is 9.45. The standard InChI is InChI=1S/C14H24N4O2S2/c1-10(2)13-15-17(14(21)18(13)11-4-5-11)9-16(3)12-6-7-22(19,20)8-12/h10-12H,4-9H2,1-3H3. The van der Waals surface area contributed by atoms with Crippen LogP contribution in [0.4, 0.5) is 0 Å². The number of sulfone groups is 1. The molecule has 6 nitrogen and oxygen atoms in total. The minimum absolute atomic E-state index is 0.0699. The average molecular weight is 345 g/mol. The minimum atomic E-state index is -2.87. The lowest BCUT2D eigenvalue weighted by Crippen LogP contribution is -2.34. The topological polar surface area (TPSA) is 60.1 Å². The lowest BCUT2D eigenvalue weighted by atomic mass is 10.2. The fraction of sp³-hybridized carbons (Fsp3) is 0.857. The second kappa shape index (κ2) is 5.72. The van der Waals surface area contributed by atoms with Gasteiger partial charge in [0, 0.05) is 18.0 Å². The fourth-order valence-electron chi connectivity index (χ4n) is 3.05. The van der Waals surface area contributed by atoms with E-state index in [1.165, 1.54) is 12.8 Å². The highest BCUT2D eigenvalue weighted by Gasteiger charge is 2.32. The molecule has 0 radical (unpaired) electrons. The second-order valence-electron chi connectivity index (χ2n) is 6.85. The van der Waals surface area contributed by atoms with Crippen molar-refractivity contribution in [3.05, 3.63) is 10.6 Å². The molecule has 1 unspecified atom stereocenters. The third kappa shape index (κ3) is 3.14. The van der Waals surface area contributed by atoms with Gasteiger partial charge in [0.15, 0.2) is 14.6 Å². The maximum atomic E-state index is 11.6. The first kappa shape index (κ1) is 16.1. The molecule has 2 heterocycles. The van der Waals surface area contributed by atoms with Crippen molar-refractivity contribution in [2.24, 2.45) is 0 Å². The molecule has 1 saturated carbocycles. The van der Waals surface area contributed by atoms with Crippen LogP contribution in [0.15, 0.2) is 0 Å². The molecule has 1 aliphatic heterocycles. The van der Waals surface area contributed by atoms with Gasteiger partial charge in [-0.1, -0.05) is 13.8 Å². The largest absolute Gasteiger partial charge is 0.301 e. The molecule has 8 heteroatoms. The molecule has 2 fully saturated rings. The average Bonchev–Trinajstić information content (AvgIpc) is 3.12. The highest BCUT2D eigenvalue weighted by molar-refractivity contribution is 7.91. The van der Waals surface area contributed by atoms with E-state index in [0.717, 1.165) is 10.6 Å². The molecule has 0 bridgehead atoms. The van der Waals surface area contributed by atoms with Gasteiger partial charge < -0.3 is 4.57 Å². The summed E-state index contributed by atoms with van der Waals surface area (Å²) in [6.45, 7) is 4.82. The molecule has 22 heavy (non-hydrogen) atoms. The number of hydrogen-bond donors (Lipinski definition) is 0. The quantitative estimate of drug-likeness (QED) is 0.764. The lowest BCUT2D eigenvalue weighted by Gasteiger charge is -2.22. The summed E-state index contributed by atoms with van der Waals surface area (Å²) < 4.78 is 28.1. The molecule has 124 valence electrons. The number of rotatable bonds is 5. The lowest BCUT2D eigenvalue weighted by molar-refractivity contribution is 0.196. The van der Waals surface area contributed by atoms with Crippen molar-refractivity contribution in [3.63, 3.8) is 0 Å². The maximum absolute atomic E-state index is 11.6. The molecule has 0 aromatic carbocycles. The zero-order chi connectivity index (χ0) is 16.1. The van der Waals surface area contributed by atoms with Crippen LogP contribution >= 0.6 is 12.2 Å². The van der Waals surface area contributed by atoms with Gasteiger partial charge in [0.2, 0.25) is 0 Å². The van der Waals surface area contributed by atoms with E-state index in [0.29, 0.717) is 30.8 Å². The van der Waals surface area contributed by atoms with Crippen LogP contribution in [0, 0.1) is 4.77 Å². The van der Waals surface area contributed by atoms with E-state index >= 15 is 0 Å². The normalized spacial score (nSPS) is 24.5. The van der Waals surface area contributed by atoms with Gasteiger partial charge >= 0.3 is 0 Å². The van der Waals surface area contributed by atoms with E-state index in [2.05, 4.69) is 23.3 Å². The third-order valence-corrected chi connectivity index (χ3v) is 6.67. The van der Waals surface area contributed by atoms with Gasteiger partial charge in [0.1, 0.15) is 5.82 Å². The van der Waals surface area contributed by atoms with Crippen LogP contribution in [0.5, 0.6) is 0 Å². The number of nitrogens with zero attached hydrogens (tertiary/aromatic N) is 4. The van der Waals surface area contributed by atoms with Gasteiger partial charge in [-0.05, 0) is 38.5 Å². The molecular weight excluding hydrogens is 320 g/mol. The highest BCUT2D eigenvalue weighted by atomic mass is 32.2. The zero-order valence-electron chi connectivity index (χ0n) is 13.4. The summed E-state index contributed by atoms with van der Waals surface area (Å²) in [5, 5.41) is 4.70. The molecular formula is C14H24N4O2S2. The SMILES string of the molecule is CC(C)c1nn(CN(C)C2CCS(=O)(=O)C2)c(=S)n1C1CC1. The summed E-state index contributed by atoms with van der Waals surface area (Å²) in [6.07, 6.45) is 3.05. The van der Waals surface area contributed by atoms with Crippen molar-refractivity contribution < 1.29 is 8.42 Å².